The largest absolute Gasteiger partial charge is 0.480 e. The second kappa shape index (κ2) is 4.84. The van der Waals surface area contributed by atoms with Gasteiger partial charge in [-0.25, -0.2) is 9.59 Å². The number of hydrogen-bond donors (Lipinski definition) is 1. The lowest BCUT2D eigenvalue weighted by atomic mass is 10.0. The van der Waals surface area contributed by atoms with E-state index < -0.39 is 27.7 Å². The highest BCUT2D eigenvalue weighted by molar-refractivity contribution is 8.02. The Hall–Kier alpha value is -1.17. The molecule has 5 nitrogen and oxygen atoms in total. The van der Waals surface area contributed by atoms with Crippen LogP contribution in [0.1, 0.15) is 27.7 Å². The van der Waals surface area contributed by atoms with Crippen molar-refractivity contribution >= 4 is 23.8 Å². The summed E-state index contributed by atoms with van der Waals surface area (Å²) >= 11 is 1.45. The third-order valence-corrected chi connectivity index (χ3v) is 4.21. The van der Waals surface area contributed by atoms with Gasteiger partial charge in [0, 0.05) is 4.75 Å². The maximum atomic E-state index is 12.0. The summed E-state index contributed by atoms with van der Waals surface area (Å²) < 4.78 is 4.41. The lowest BCUT2D eigenvalue weighted by molar-refractivity contribution is -0.143. The Balaban J connectivity index is 3.07. The fourth-order valence-electron chi connectivity index (χ4n) is 2.30. The maximum absolute atomic E-state index is 12.0. The van der Waals surface area contributed by atoms with Gasteiger partial charge in [-0.15, -0.1) is 11.8 Å². The van der Waals surface area contributed by atoms with Crippen LogP contribution in [-0.2, 0) is 9.53 Å². The molecule has 1 N–H and O–H groups in total. The van der Waals surface area contributed by atoms with E-state index in [2.05, 4.69) is 6.58 Å². The van der Waals surface area contributed by atoms with E-state index in [1.807, 2.05) is 27.7 Å². The van der Waals surface area contributed by atoms with Crippen LogP contribution in [-0.4, -0.2) is 44.3 Å². The van der Waals surface area contributed by atoms with Crippen molar-refractivity contribution in [3.8, 4) is 0 Å². The number of carbonyl (C=O) groups is 2. The molecule has 18 heavy (non-hydrogen) atoms. The first-order valence-electron chi connectivity index (χ1n) is 5.63. The quantitative estimate of drug-likeness (QED) is 0.799. The summed E-state index contributed by atoms with van der Waals surface area (Å²) in [5.74, 6) is -1.02. The molecular weight excluding hydrogens is 254 g/mol. The Bertz CT molecular complexity index is 378. The van der Waals surface area contributed by atoms with E-state index in [0.29, 0.717) is 0 Å². The molecule has 0 bridgehead atoms. The lowest BCUT2D eigenvalue weighted by Gasteiger charge is -2.32. The molecule has 1 aliphatic heterocycles. The average molecular weight is 273 g/mol. The summed E-state index contributed by atoms with van der Waals surface area (Å²) in [6.07, 6.45) is 0.833. The minimum Gasteiger partial charge on any atom is -0.480 e. The van der Waals surface area contributed by atoms with Crippen LogP contribution in [0.2, 0.25) is 0 Å². The van der Waals surface area contributed by atoms with E-state index in [4.69, 9.17) is 4.74 Å². The first-order valence-corrected chi connectivity index (χ1v) is 6.45. The minimum absolute atomic E-state index is 0.0723. The zero-order chi connectivity index (χ0) is 14.1. The Morgan fingerprint density at radius 3 is 2.44 bits per heavy atom. The summed E-state index contributed by atoms with van der Waals surface area (Å²) in [6.45, 7) is 10.8. The molecule has 0 radical (unpaired) electrons. The van der Waals surface area contributed by atoms with Gasteiger partial charge < -0.3 is 9.84 Å². The van der Waals surface area contributed by atoms with Crippen molar-refractivity contribution in [1.82, 2.24) is 4.90 Å². The van der Waals surface area contributed by atoms with Crippen molar-refractivity contribution in [2.75, 3.05) is 6.61 Å². The third-order valence-electron chi connectivity index (χ3n) is 2.76. The van der Waals surface area contributed by atoms with Gasteiger partial charge in [0.15, 0.2) is 0 Å². The zero-order valence-electron chi connectivity index (χ0n) is 11.1. The van der Waals surface area contributed by atoms with Crippen LogP contribution in [0.3, 0.4) is 0 Å². The highest BCUT2D eigenvalue weighted by Crippen LogP contribution is 2.51. The fraction of sp³-hybridized carbons (Fsp3) is 0.667. The highest BCUT2D eigenvalue weighted by atomic mass is 32.2. The van der Waals surface area contributed by atoms with Crippen molar-refractivity contribution in [2.24, 2.45) is 0 Å². The number of aliphatic carboxylic acids is 1. The van der Waals surface area contributed by atoms with Gasteiger partial charge in [0.05, 0.1) is 4.87 Å². The van der Waals surface area contributed by atoms with Gasteiger partial charge in [0.2, 0.25) is 0 Å². The van der Waals surface area contributed by atoms with E-state index in [9.17, 15) is 14.7 Å². The maximum Gasteiger partial charge on any atom is 0.411 e. The minimum atomic E-state index is -1.02. The molecule has 0 spiro atoms. The Kier molecular flexibility index (Phi) is 4.00. The summed E-state index contributed by atoms with van der Waals surface area (Å²) in [7, 11) is 0. The van der Waals surface area contributed by atoms with Gasteiger partial charge in [0.25, 0.3) is 0 Å². The number of carboxylic acids is 1. The standard InChI is InChI=1S/C12H19NO4S/c1-6-7-17-10(16)13-8(9(14)15)11(2,3)18-12(13,4)5/h6,8H,1,7H2,2-5H3,(H,14,15). The van der Waals surface area contributed by atoms with Crippen molar-refractivity contribution in [3.63, 3.8) is 0 Å². The van der Waals surface area contributed by atoms with Crippen molar-refractivity contribution in [3.05, 3.63) is 12.7 Å². The van der Waals surface area contributed by atoms with Gasteiger partial charge in [-0.2, -0.15) is 0 Å². The number of thioether (sulfide) groups is 1. The second-order valence-electron chi connectivity index (χ2n) is 5.13. The molecule has 6 heteroatoms. The van der Waals surface area contributed by atoms with Gasteiger partial charge >= 0.3 is 12.1 Å². The second-order valence-corrected chi connectivity index (χ2v) is 7.38. The first kappa shape index (κ1) is 14.9. The molecule has 0 saturated carbocycles. The fourth-order valence-corrected chi connectivity index (χ4v) is 4.19. The highest BCUT2D eigenvalue weighted by Gasteiger charge is 2.57. The Morgan fingerprint density at radius 2 is 2.00 bits per heavy atom. The smallest absolute Gasteiger partial charge is 0.411 e. The van der Waals surface area contributed by atoms with E-state index in [1.54, 1.807) is 0 Å². The summed E-state index contributed by atoms with van der Waals surface area (Å²) in [5, 5.41) is 9.34. The number of carboxylic acid groups (broad SMARTS) is 1. The van der Waals surface area contributed by atoms with Gasteiger partial charge in [0.1, 0.15) is 12.6 Å². The number of amides is 1. The Morgan fingerprint density at radius 1 is 1.44 bits per heavy atom. The predicted octanol–water partition coefficient (Wildman–Crippen LogP) is 2.33. The first-order chi connectivity index (χ1) is 8.13. The SMILES string of the molecule is C=CCOC(=O)N1C(C(=O)O)C(C)(C)SC1(C)C. The van der Waals surface area contributed by atoms with Crippen molar-refractivity contribution < 1.29 is 19.4 Å². The van der Waals surface area contributed by atoms with Crippen LogP contribution in [0.25, 0.3) is 0 Å². The molecular formula is C12H19NO4S. The summed E-state index contributed by atoms with van der Waals surface area (Å²) in [5.41, 5.74) is 0. The molecule has 1 aliphatic rings. The molecule has 0 aromatic carbocycles. The van der Waals surface area contributed by atoms with E-state index >= 15 is 0 Å². The van der Waals surface area contributed by atoms with E-state index in [1.165, 1.54) is 22.7 Å². The molecule has 1 saturated heterocycles. The summed E-state index contributed by atoms with van der Waals surface area (Å²) in [6, 6.07) is -0.908. The van der Waals surface area contributed by atoms with Crippen LogP contribution >= 0.6 is 11.8 Å². The van der Waals surface area contributed by atoms with Crippen LogP contribution in [0, 0.1) is 0 Å². The van der Waals surface area contributed by atoms with E-state index in [-0.39, 0.29) is 6.61 Å². The number of nitrogens with zero attached hydrogens (tertiary/aromatic N) is 1. The molecule has 1 rings (SSSR count). The number of rotatable bonds is 3. The predicted molar refractivity (Wildman–Crippen MR) is 70.6 cm³/mol. The van der Waals surface area contributed by atoms with Crippen LogP contribution < -0.4 is 0 Å². The molecule has 0 aliphatic carbocycles. The van der Waals surface area contributed by atoms with Crippen molar-refractivity contribution in [2.45, 2.75) is 43.4 Å². The Labute approximate surface area is 111 Å². The third kappa shape index (κ3) is 2.63. The summed E-state index contributed by atoms with van der Waals surface area (Å²) in [4.78, 5) is 24.1. The van der Waals surface area contributed by atoms with Gasteiger partial charge in [-0.3, -0.25) is 4.90 Å². The molecule has 1 heterocycles. The monoisotopic (exact) mass is 273 g/mol. The van der Waals surface area contributed by atoms with Gasteiger partial charge in [-0.05, 0) is 27.7 Å². The molecule has 0 aromatic heterocycles. The molecule has 1 atom stereocenters. The average Bonchev–Trinajstić information content (AvgIpc) is 2.39. The van der Waals surface area contributed by atoms with Gasteiger partial charge in [-0.1, -0.05) is 12.7 Å². The normalized spacial score (nSPS) is 24.7. The van der Waals surface area contributed by atoms with Crippen LogP contribution in [0.4, 0.5) is 4.79 Å². The molecule has 1 amide bonds. The lowest BCUT2D eigenvalue weighted by Crippen LogP contribution is -2.53. The van der Waals surface area contributed by atoms with Crippen molar-refractivity contribution in [1.29, 1.82) is 0 Å². The topological polar surface area (TPSA) is 66.8 Å². The van der Waals surface area contributed by atoms with E-state index in [0.717, 1.165) is 0 Å². The molecule has 102 valence electrons. The zero-order valence-corrected chi connectivity index (χ0v) is 11.9. The number of ether oxygens (including phenoxy) is 1. The molecule has 0 aromatic rings. The van der Waals surface area contributed by atoms with Crippen LogP contribution in [0.5, 0.6) is 0 Å². The molecule has 1 unspecified atom stereocenters. The number of hydrogen-bond acceptors (Lipinski definition) is 4. The van der Waals surface area contributed by atoms with Crippen LogP contribution in [0.15, 0.2) is 12.7 Å². The number of carbonyl (C=O) groups excluding carboxylic acids is 1. The molecule has 1 fully saturated rings.